The van der Waals surface area contributed by atoms with E-state index in [-0.39, 0.29) is 11.3 Å². The molecule has 0 fully saturated rings. The van der Waals surface area contributed by atoms with Crippen LogP contribution < -0.4 is 4.74 Å². The molecule has 0 aromatic heterocycles. The van der Waals surface area contributed by atoms with E-state index >= 15 is 0 Å². The first-order chi connectivity index (χ1) is 8.72. The Hall–Kier alpha value is -2.55. The number of ether oxygens (including phenoxy) is 1. The molecule has 2 aromatic rings. The molecule has 0 saturated heterocycles. The van der Waals surface area contributed by atoms with E-state index in [0.717, 1.165) is 5.56 Å². The van der Waals surface area contributed by atoms with Gasteiger partial charge in [-0.15, -0.1) is 0 Å². The number of rotatable bonds is 3. The van der Waals surface area contributed by atoms with Crippen molar-refractivity contribution in [2.24, 2.45) is 0 Å². The Morgan fingerprint density at radius 2 is 1.78 bits per heavy atom. The second kappa shape index (κ2) is 5.19. The fraction of sp³-hybridized carbons (Fsp3) is 0. The summed E-state index contributed by atoms with van der Waals surface area (Å²) >= 11 is 0. The van der Waals surface area contributed by atoms with Crippen molar-refractivity contribution in [3.8, 4) is 11.5 Å². The van der Waals surface area contributed by atoms with Gasteiger partial charge in [-0.3, -0.25) is 0 Å². The van der Waals surface area contributed by atoms with Crippen LogP contribution in [0.15, 0.2) is 55.1 Å². The van der Waals surface area contributed by atoms with Crippen LogP contribution in [0.1, 0.15) is 15.9 Å². The third-order valence-electron chi connectivity index (χ3n) is 2.47. The maximum Gasteiger partial charge on any atom is 0.347 e. The van der Waals surface area contributed by atoms with Crippen LogP contribution in [0.5, 0.6) is 11.5 Å². The molecule has 0 unspecified atom stereocenters. The fourth-order valence-corrected chi connectivity index (χ4v) is 1.54. The fourth-order valence-electron chi connectivity index (χ4n) is 1.54. The molecule has 0 bridgehead atoms. The molecule has 90 valence electrons. The summed E-state index contributed by atoms with van der Waals surface area (Å²) in [5.74, 6) is -0.276. The molecule has 0 aliphatic rings. The average molecular weight is 240 g/mol. The van der Waals surface area contributed by atoms with Crippen LogP contribution in [0.4, 0.5) is 0 Å². The molecule has 0 saturated carbocycles. The second-order valence-corrected chi connectivity index (χ2v) is 3.65. The maximum atomic E-state index is 11.9. The van der Waals surface area contributed by atoms with Gasteiger partial charge in [-0.25, -0.2) is 4.79 Å². The van der Waals surface area contributed by atoms with Gasteiger partial charge in [0, 0.05) is 5.56 Å². The van der Waals surface area contributed by atoms with E-state index in [1.165, 1.54) is 12.1 Å². The lowest BCUT2D eigenvalue weighted by molar-refractivity contribution is 0.0731. The number of phenolic OH excluding ortho intramolecular Hbond substituents is 1. The van der Waals surface area contributed by atoms with Gasteiger partial charge in [-0.05, 0) is 18.2 Å². The lowest BCUT2D eigenvalue weighted by atomic mass is 10.2. The number of carbonyl (C=O) groups is 1. The lowest BCUT2D eigenvalue weighted by Gasteiger charge is -2.08. The molecule has 3 heteroatoms. The Balaban J connectivity index is 2.27. The van der Waals surface area contributed by atoms with Crippen LogP contribution in [-0.2, 0) is 0 Å². The van der Waals surface area contributed by atoms with E-state index in [9.17, 15) is 9.90 Å². The third-order valence-corrected chi connectivity index (χ3v) is 2.47. The van der Waals surface area contributed by atoms with Crippen molar-refractivity contribution < 1.29 is 14.6 Å². The van der Waals surface area contributed by atoms with Crippen molar-refractivity contribution in [1.82, 2.24) is 0 Å². The van der Waals surface area contributed by atoms with E-state index in [1.54, 1.807) is 36.4 Å². The normalized spacial score (nSPS) is 9.78. The van der Waals surface area contributed by atoms with E-state index < -0.39 is 5.97 Å². The Morgan fingerprint density at radius 1 is 1.11 bits per heavy atom. The van der Waals surface area contributed by atoms with Crippen molar-refractivity contribution >= 4 is 12.0 Å². The van der Waals surface area contributed by atoms with Crippen LogP contribution in [0.3, 0.4) is 0 Å². The summed E-state index contributed by atoms with van der Waals surface area (Å²) in [6, 6.07) is 13.3. The van der Waals surface area contributed by atoms with Crippen LogP contribution in [0, 0.1) is 0 Å². The summed E-state index contributed by atoms with van der Waals surface area (Å²) in [5, 5.41) is 9.56. The number of para-hydroxylation sites is 2. The molecule has 0 spiro atoms. The molecule has 0 radical (unpaired) electrons. The summed E-state index contributed by atoms with van der Waals surface area (Å²) in [6.07, 6.45) is 1.60. The quantitative estimate of drug-likeness (QED) is 0.661. The van der Waals surface area contributed by atoms with Crippen molar-refractivity contribution in [3.05, 3.63) is 66.2 Å². The summed E-state index contributed by atoms with van der Waals surface area (Å²) in [4.78, 5) is 11.9. The largest absolute Gasteiger partial charge is 0.507 e. The summed E-state index contributed by atoms with van der Waals surface area (Å²) in [5.41, 5.74) is 0.859. The number of carbonyl (C=O) groups excluding carboxylic acids is 1. The van der Waals surface area contributed by atoms with E-state index in [1.807, 2.05) is 6.07 Å². The second-order valence-electron chi connectivity index (χ2n) is 3.65. The molecule has 2 rings (SSSR count). The minimum atomic E-state index is -0.595. The van der Waals surface area contributed by atoms with Crippen molar-refractivity contribution in [2.45, 2.75) is 0 Å². The molecule has 18 heavy (non-hydrogen) atoms. The Kier molecular flexibility index (Phi) is 3.44. The highest BCUT2D eigenvalue weighted by Gasteiger charge is 2.13. The van der Waals surface area contributed by atoms with Gasteiger partial charge in [-0.2, -0.15) is 0 Å². The number of phenols is 1. The van der Waals surface area contributed by atoms with E-state index in [2.05, 4.69) is 6.58 Å². The SMILES string of the molecule is C=Cc1ccccc1OC(=O)c1ccccc1O. The van der Waals surface area contributed by atoms with Gasteiger partial charge in [-0.1, -0.05) is 43.0 Å². The molecular weight excluding hydrogens is 228 g/mol. The zero-order valence-electron chi connectivity index (χ0n) is 9.67. The number of hydrogen-bond acceptors (Lipinski definition) is 3. The lowest BCUT2D eigenvalue weighted by Crippen LogP contribution is -2.09. The summed E-state index contributed by atoms with van der Waals surface area (Å²) in [6.45, 7) is 3.65. The monoisotopic (exact) mass is 240 g/mol. The van der Waals surface area contributed by atoms with Crippen LogP contribution in [0.2, 0.25) is 0 Å². The summed E-state index contributed by atoms with van der Waals surface area (Å²) < 4.78 is 5.23. The van der Waals surface area contributed by atoms with Gasteiger partial charge in [0.1, 0.15) is 17.1 Å². The number of aromatic hydroxyl groups is 1. The van der Waals surface area contributed by atoms with Crippen LogP contribution in [0.25, 0.3) is 6.08 Å². The number of esters is 1. The van der Waals surface area contributed by atoms with E-state index in [4.69, 9.17) is 4.74 Å². The average Bonchev–Trinajstić information content (AvgIpc) is 2.39. The zero-order valence-corrected chi connectivity index (χ0v) is 9.67. The Bertz CT molecular complexity index is 588. The van der Waals surface area contributed by atoms with Gasteiger partial charge >= 0.3 is 5.97 Å². The maximum absolute atomic E-state index is 11.9. The topological polar surface area (TPSA) is 46.5 Å². The van der Waals surface area contributed by atoms with E-state index in [0.29, 0.717) is 5.75 Å². The molecule has 0 aliphatic heterocycles. The molecular formula is C15H12O3. The van der Waals surface area contributed by atoms with Gasteiger partial charge in [0.05, 0.1) is 0 Å². The third kappa shape index (κ3) is 2.40. The van der Waals surface area contributed by atoms with Gasteiger partial charge in [0.25, 0.3) is 0 Å². The minimum absolute atomic E-state index is 0.0985. The highest BCUT2D eigenvalue weighted by molar-refractivity contribution is 5.94. The smallest absolute Gasteiger partial charge is 0.347 e. The Morgan fingerprint density at radius 3 is 2.50 bits per heavy atom. The number of hydrogen-bond donors (Lipinski definition) is 1. The first-order valence-corrected chi connectivity index (χ1v) is 5.44. The van der Waals surface area contributed by atoms with Crippen molar-refractivity contribution in [3.63, 3.8) is 0 Å². The molecule has 2 aromatic carbocycles. The molecule has 1 N–H and O–H groups in total. The van der Waals surface area contributed by atoms with Gasteiger partial charge in [0.15, 0.2) is 0 Å². The predicted octanol–water partition coefficient (Wildman–Crippen LogP) is 3.25. The van der Waals surface area contributed by atoms with Crippen molar-refractivity contribution in [1.29, 1.82) is 0 Å². The molecule has 0 heterocycles. The molecule has 0 atom stereocenters. The molecule has 3 nitrogen and oxygen atoms in total. The standard InChI is InChI=1S/C15H12O3/c1-2-11-7-3-6-10-14(11)18-15(17)12-8-4-5-9-13(12)16/h2-10,16H,1H2. The number of benzene rings is 2. The van der Waals surface area contributed by atoms with Crippen LogP contribution in [-0.4, -0.2) is 11.1 Å². The predicted molar refractivity (Wildman–Crippen MR) is 69.6 cm³/mol. The zero-order chi connectivity index (χ0) is 13.0. The minimum Gasteiger partial charge on any atom is -0.507 e. The van der Waals surface area contributed by atoms with Gasteiger partial charge < -0.3 is 9.84 Å². The highest BCUT2D eigenvalue weighted by Crippen LogP contribution is 2.22. The summed E-state index contributed by atoms with van der Waals surface area (Å²) in [7, 11) is 0. The van der Waals surface area contributed by atoms with Crippen LogP contribution >= 0.6 is 0 Å². The molecule has 0 aliphatic carbocycles. The Labute approximate surface area is 105 Å². The first kappa shape index (κ1) is 11.9. The highest BCUT2D eigenvalue weighted by atomic mass is 16.5. The molecule has 0 amide bonds. The first-order valence-electron chi connectivity index (χ1n) is 5.44. The van der Waals surface area contributed by atoms with Gasteiger partial charge in [0.2, 0.25) is 0 Å². The van der Waals surface area contributed by atoms with Crippen molar-refractivity contribution in [2.75, 3.05) is 0 Å².